The molecule has 124 valence electrons. The van der Waals surface area contributed by atoms with Gasteiger partial charge in [0.1, 0.15) is 5.75 Å². The molecule has 0 radical (unpaired) electrons. The number of phenols is 1. The summed E-state index contributed by atoms with van der Waals surface area (Å²) in [5.41, 5.74) is 0.525. The summed E-state index contributed by atoms with van der Waals surface area (Å²) < 4.78 is 5.15. The highest BCUT2D eigenvalue weighted by atomic mass is 16.5. The molecule has 1 atom stereocenters. The first-order valence-electron chi connectivity index (χ1n) is 7.20. The van der Waals surface area contributed by atoms with Crippen LogP contribution in [0, 0.1) is 0 Å². The van der Waals surface area contributed by atoms with Gasteiger partial charge in [0.15, 0.2) is 11.5 Å². The summed E-state index contributed by atoms with van der Waals surface area (Å²) >= 11 is 0. The molecular weight excluding hydrogens is 302 g/mol. The molecule has 1 aromatic carbocycles. The third-order valence-corrected chi connectivity index (χ3v) is 3.58. The Morgan fingerprint density at radius 2 is 2.04 bits per heavy atom. The number of aliphatic hydroxyl groups is 2. The fourth-order valence-electron chi connectivity index (χ4n) is 2.61. The third kappa shape index (κ3) is 3.52. The number of phenolic OH excluding ortho intramolecular Hbond substituents is 1. The molecular formula is C16H19NO6. The second-order valence-corrected chi connectivity index (χ2v) is 5.15. The van der Waals surface area contributed by atoms with Crippen molar-refractivity contribution in [2.45, 2.75) is 13.0 Å². The molecule has 0 unspecified atom stereocenters. The Morgan fingerprint density at radius 1 is 1.30 bits per heavy atom. The monoisotopic (exact) mass is 321 g/mol. The lowest BCUT2D eigenvalue weighted by Gasteiger charge is -2.26. The Morgan fingerprint density at radius 3 is 2.65 bits per heavy atom. The number of aliphatic hydroxyl groups excluding tert-OH is 2. The second-order valence-electron chi connectivity index (χ2n) is 5.15. The van der Waals surface area contributed by atoms with E-state index in [2.05, 4.69) is 0 Å². The number of ether oxygens (including phenoxy) is 1. The Balaban J connectivity index is 2.33. The van der Waals surface area contributed by atoms with Crippen molar-refractivity contribution in [3.05, 3.63) is 41.2 Å². The fourth-order valence-corrected chi connectivity index (χ4v) is 2.61. The first-order valence-corrected chi connectivity index (χ1v) is 7.20. The fraction of sp³-hybridized carbons (Fsp3) is 0.375. The summed E-state index contributed by atoms with van der Waals surface area (Å²) in [6, 6.07) is 5.42. The zero-order chi connectivity index (χ0) is 17.0. The van der Waals surface area contributed by atoms with Gasteiger partial charge in [-0.1, -0.05) is 12.1 Å². The molecule has 7 nitrogen and oxygen atoms in total. The van der Waals surface area contributed by atoms with E-state index in [4.69, 9.17) is 9.84 Å². The molecule has 1 heterocycles. The summed E-state index contributed by atoms with van der Waals surface area (Å²) in [6.07, 6.45) is 0. The largest absolute Gasteiger partial charge is 0.508 e. The van der Waals surface area contributed by atoms with E-state index in [1.807, 2.05) is 0 Å². The molecule has 7 heteroatoms. The van der Waals surface area contributed by atoms with Crippen LogP contribution in [0.5, 0.6) is 5.75 Å². The maximum atomic E-state index is 12.3. The number of rotatable bonds is 7. The summed E-state index contributed by atoms with van der Waals surface area (Å²) in [6.45, 7) is 1.57. The van der Waals surface area contributed by atoms with Gasteiger partial charge < -0.3 is 25.0 Å². The van der Waals surface area contributed by atoms with E-state index < -0.39 is 23.5 Å². The van der Waals surface area contributed by atoms with Crippen LogP contribution in [-0.2, 0) is 14.3 Å². The normalized spacial score (nSPS) is 17.9. The molecule has 0 saturated carbocycles. The number of hydrogen-bond donors (Lipinski definition) is 3. The van der Waals surface area contributed by atoms with Crippen LogP contribution in [0.1, 0.15) is 18.5 Å². The number of carbonyl (C=O) groups is 2. The van der Waals surface area contributed by atoms with Crippen molar-refractivity contribution in [3.63, 3.8) is 0 Å². The zero-order valence-corrected chi connectivity index (χ0v) is 12.7. The van der Waals surface area contributed by atoms with E-state index in [9.17, 15) is 19.8 Å². The first kappa shape index (κ1) is 17.0. The van der Waals surface area contributed by atoms with Crippen LogP contribution in [0.3, 0.4) is 0 Å². The maximum Gasteiger partial charge on any atom is 0.290 e. The quantitative estimate of drug-likeness (QED) is 0.638. The summed E-state index contributed by atoms with van der Waals surface area (Å²) in [7, 11) is 0. The van der Waals surface area contributed by atoms with Crippen LogP contribution in [0.25, 0.3) is 0 Å². The summed E-state index contributed by atoms with van der Waals surface area (Å²) in [4.78, 5) is 25.4. The number of ketones is 1. The Hall–Kier alpha value is -2.38. The van der Waals surface area contributed by atoms with Gasteiger partial charge >= 0.3 is 0 Å². The zero-order valence-electron chi connectivity index (χ0n) is 12.7. The molecule has 1 aliphatic heterocycles. The number of aromatic hydroxyl groups is 1. The van der Waals surface area contributed by atoms with Crippen molar-refractivity contribution >= 4 is 11.7 Å². The smallest absolute Gasteiger partial charge is 0.290 e. The average molecular weight is 321 g/mol. The lowest BCUT2D eigenvalue weighted by atomic mass is 9.96. The van der Waals surface area contributed by atoms with Gasteiger partial charge in [-0.2, -0.15) is 0 Å². The van der Waals surface area contributed by atoms with Crippen LogP contribution in [0.4, 0.5) is 0 Å². The van der Waals surface area contributed by atoms with Crippen molar-refractivity contribution in [1.82, 2.24) is 4.90 Å². The van der Waals surface area contributed by atoms with E-state index in [0.29, 0.717) is 5.56 Å². The van der Waals surface area contributed by atoms with Crippen LogP contribution < -0.4 is 0 Å². The van der Waals surface area contributed by atoms with E-state index in [1.165, 1.54) is 24.0 Å². The van der Waals surface area contributed by atoms with Crippen LogP contribution in [-0.4, -0.2) is 58.3 Å². The molecule has 0 aromatic heterocycles. The van der Waals surface area contributed by atoms with E-state index in [-0.39, 0.29) is 37.7 Å². The molecule has 1 amide bonds. The molecule has 3 N–H and O–H groups in total. The van der Waals surface area contributed by atoms with Crippen molar-refractivity contribution in [3.8, 4) is 5.75 Å². The minimum atomic E-state index is -0.773. The molecule has 0 bridgehead atoms. The highest BCUT2D eigenvalue weighted by molar-refractivity contribution is 6.08. The number of benzene rings is 1. The highest BCUT2D eigenvalue weighted by Crippen LogP contribution is 2.38. The van der Waals surface area contributed by atoms with E-state index >= 15 is 0 Å². The van der Waals surface area contributed by atoms with Gasteiger partial charge in [-0.15, -0.1) is 0 Å². The second kappa shape index (κ2) is 7.26. The van der Waals surface area contributed by atoms with Crippen LogP contribution in [0.2, 0.25) is 0 Å². The molecule has 0 spiro atoms. The average Bonchev–Trinajstić information content (AvgIpc) is 2.76. The van der Waals surface area contributed by atoms with Crippen molar-refractivity contribution in [2.24, 2.45) is 0 Å². The molecule has 0 aliphatic carbocycles. The number of nitrogens with zero attached hydrogens (tertiary/aromatic N) is 1. The molecule has 1 aromatic rings. The Labute approximate surface area is 133 Å². The van der Waals surface area contributed by atoms with Gasteiger partial charge in [0, 0.05) is 6.54 Å². The minimum Gasteiger partial charge on any atom is -0.508 e. The third-order valence-electron chi connectivity index (χ3n) is 3.58. The number of carbonyl (C=O) groups excluding carboxylic acids is 2. The van der Waals surface area contributed by atoms with E-state index in [0.717, 1.165) is 0 Å². The number of amides is 1. The molecule has 2 rings (SSSR count). The predicted octanol–water partition coefficient (Wildman–Crippen LogP) is 0.685. The standard InChI is InChI=1S/C16H19NO6/c1-10(19)13-14(11-3-2-4-12(20)9-11)17(16(22)15(13)21)5-7-23-8-6-18/h2-4,9,14,18,20-21H,5-8H2,1H3/t14-/m1/s1. The minimum absolute atomic E-state index is 0.000668. The topological polar surface area (TPSA) is 107 Å². The Bertz CT molecular complexity index is 639. The van der Waals surface area contributed by atoms with Gasteiger partial charge in [0.05, 0.1) is 31.4 Å². The molecule has 1 aliphatic rings. The van der Waals surface area contributed by atoms with Gasteiger partial charge in [-0.3, -0.25) is 9.59 Å². The summed E-state index contributed by atoms with van der Waals surface area (Å²) in [5, 5.41) is 28.4. The van der Waals surface area contributed by atoms with Crippen LogP contribution >= 0.6 is 0 Å². The van der Waals surface area contributed by atoms with Crippen molar-refractivity contribution in [1.29, 1.82) is 0 Å². The lowest BCUT2D eigenvalue weighted by molar-refractivity contribution is -0.130. The highest BCUT2D eigenvalue weighted by Gasteiger charge is 2.42. The van der Waals surface area contributed by atoms with Crippen LogP contribution in [0.15, 0.2) is 35.6 Å². The van der Waals surface area contributed by atoms with Crippen molar-refractivity contribution in [2.75, 3.05) is 26.4 Å². The molecule has 23 heavy (non-hydrogen) atoms. The molecule has 0 saturated heterocycles. The SMILES string of the molecule is CC(=O)C1=C(O)C(=O)N(CCOCCO)[C@@H]1c1cccc(O)c1. The lowest BCUT2D eigenvalue weighted by Crippen LogP contribution is -2.34. The van der Waals surface area contributed by atoms with Gasteiger partial charge in [0.25, 0.3) is 5.91 Å². The van der Waals surface area contributed by atoms with Gasteiger partial charge in [-0.05, 0) is 24.6 Å². The summed E-state index contributed by atoms with van der Waals surface area (Å²) in [5.74, 6) is -1.65. The van der Waals surface area contributed by atoms with Gasteiger partial charge in [-0.25, -0.2) is 0 Å². The van der Waals surface area contributed by atoms with Gasteiger partial charge in [0.2, 0.25) is 0 Å². The Kier molecular flexibility index (Phi) is 5.36. The van der Waals surface area contributed by atoms with Crippen molar-refractivity contribution < 1.29 is 29.6 Å². The van der Waals surface area contributed by atoms with E-state index in [1.54, 1.807) is 12.1 Å². The first-order chi connectivity index (χ1) is 11.0. The predicted molar refractivity (Wildman–Crippen MR) is 80.8 cm³/mol. The maximum absolute atomic E-state index is 12.3. The number of hydrogen-bond acceptors (Lipinski definition) is 6. The molecule has 0 fully saturated rings. The number of Topliss-reactive ketones (excluding diaryl/α,β-unsaturated/α-hetero) is 1.